The van der Waals surface area contributed by atoms with Gasteiger partial charge in [0.15, 0.2) is 0 Å². The maximum atomic E-state index is 6.39. The van der Waals surface area contributed by atoms with E-state index in [2.05, 4.69) is 34.1 Å². The number of hydrogen-bond acceptors (Lipinski definition) is 5. The highest BCUT2D eigenvalue weighted by atomic mass is 16.5. The number of piperazine rings is 1. The summed E-state index contributed by atoms with van der Waals surface area (Å²) in [5.41, 5.74) is 8.87. The average Bonchev–Trinajstić information content (AvgIpc) is 2.69. The van der Waals surface area contributed by atoms with Crippen molar-refractivity contribution in [3.05, 3.63) is 54.1 Å². The SMILES string of the molecule is COc1ccc(C[C@@H](N)CN2CCN(c3cccc(OC)c3)CC2)cc1. The molecular weight excluding hydrogens is 326 g/mol. The number of rotatable bonds is 7. The second kappa shape index (κ2) is 8.92. The van der Waals surface area contributed by atoms with E-state index in [-0.39, 0.29) is 6.04 Å². The Balaban J connectivity index is 1.46. The largest absolute Gasteiger partial charge is 0.497 e. The lowest BCUT2D eigenvalue weighted by atomic mass is 10.1. The van der Waals surface area contributed by atoms with Gasteiger partial charge in [0, 0.05) is 50.5 Å². The molecule has 3 rings (SSSR count). The molecule has 0 amide bonds. The lowest BCUT2D eigenvalue weighted by Crippen LogP contribution is -2.50. The lowest BCUT2D eigenvalue weighted by molar-refractivity contribution is 0.242. The van der Waals surface area contributed by atoms with Crippen molar-refractivity contribution >= 4 is 5.69 Å². The predicted molar refractivity (Wildman–Crippen MR) is 106 cm³/mol. The third-order valence-electron chi connectivity index (χ3n) is 4.94. The Hall–Kier alpha value is -2.24. The van der Waals surface area contributed by atoms with Crippen LogP contribution in [0.25, 0.3) is 0 Å². The summed E-state index contributed by atoms with van der Waals surface area (Å²) in [5.74, 6) is 1.79. The summed E-state index contributed by atoms with van der Waals surface area (Å²) >= 11 is 0. The molecule has 2 aromatic rings. The smallest absolute Gasteiger partial charge is 0.120 e. The number of ether oxygens (including phenoxy) is 2. The summed E-state index contributed by atoms with van der Waals surface area (Å²) in [5, 5.41) is 0. The molecule has 1 atom stereocenters. The normalized spacial score (nSPS) is 16.3. The van der Waals surface area contributed by atoms with Gasteiger partial charge in [-0.1, -0.05) is 18.2 Å². The standard InChI is InChI=1S/C21H29N3O2/c1-25-20-8-6-17(7-9-20)14-18(22)16-23-10-12-24(13-11-23)19-4-3-5-21(15-19)26-2/h3-9,15,18H,10-14,16,22H2,1-2H3/t18-/m1/s1. The van der Waals surface area contributed by atoms with Crippen molar-refractivity contribution in [3.8, 4) is 11.5 Å². The summed E-state index contributed by atoms with van der Waals surface area (Å²) in [6, 6.07) is 16.6. The third kappa shape index (κ3) is 4.90. The van der Waals surface area contributed by atoms with Gasteiger partial charge in [0.2, 0.25) is 0 Å². The Morgan fingerprint density at radius 3 is 2.27 bits per heavy atom. The van der Waals surface area contributed by atoms with Crippen LogP contribution in [-0.4, -0.2) is 57.9 Å². The molecule has 0 bridgehead atoms. The van der Waals surface area contributed by atoms with Crippen molar-refractivity contribution in [1.82, 2.24) is 4.90 Å². The van der Waals surface area contributed by atoms with Gasteiger partial charge in [-0.3, -0.25) is 4.90 Å². The topological polar surface area (TPSA) is 51.0 Å². The molecule has 1 aliphatic heterocycles. The molecule has 0 radical (unpaired) electrons. The van der Waals surface area contributed by atoms with E-state index in [4.69, 9.17) is 15.2 Å². The molecule has 5 heteroatoms. The number of anilines is 1. The third-order valence-corrected chi connectivity index (χ3v) is 4.94. The van der Waals surface area contributed by atoms with E-state index in [9.17, 15) is 0 Å². The van der Waals surface area contributed by atoms with Crippen molar-refractivity contribution in [2.45, 2.75) is 12.5 Å². The number of benzene rings is 2. The molecule has 0 saturated carbocycles. The molecule has 0 spiro atoms. The van der Waals surface area contributed by atoms with Crippen molar-refractivity contribution in [3.63, 3.8) is 0 Å². The van der Waals surface area contributed by atoms with Gasteiger partial charge in [-0.15, -0.1) is 0 Å². The van der Waals surface area contributed by atoms with Gasteiger partial charge in [0.05, 0.1) is 14.2 Å². The van der Waals surface area contributed by atoms with Crippen LogP contribution < -0.4 is 20.1 Å². The number of nitrogens with two attached hydrogens (primary N) is 1. The van der Waals surface area contributed by atoms with Crippen molar-refractivity contribution in [1.29, 1.82) is 0 Å². The van der Waals surface area contributed by atoms with Gasteiger partial charge in [0.1, 0.15) is 11.5 Å². The molecule has 1 heterocycles. The Morgan fingerprint density at radius 1 is 0.923 bits per heavy atom. The highest BCUT2D eigenvalue weighted by molar-refractivity contribution is 5.51. The van der Waals surface area contributed by atoms with E-state index in [1.807, 2.05) is 24.3 Å². The fourth-order valence-electron chi connectivity index (χ4n) is 3.46. The van der Waals surface area contributed by atoms with Crippen molar-refractivity contribution in [2.75, 3.05) is 51.8 Å². The molecule has 26 heavy (non-hydrogen) atoms. The maximum Gasteiger partial charge on any atom is 0.120 e. The molecule has 2 aromatic carbocycles. The monoisotopic (exact) mass is 355 g/mol. The molecule has 1 fully saturated rings. The molecule has 0 aliphatic carbocycles. The molecule has 1 saturated heterocycles. The van der Waals surface area contributed by atoms with Gasteiger partial charge in [-0.2, -0.15) is 0 Å². The molecular formula is C21H29N3O2. The van der Waals surface area contributed by atoms with Crippen molar-refractivity contribution < 1.29 is 9.47 Å². The minimum absolute atomic E-state index is 0.145. The maximum absolute atomic E-state index is 6.39. The fourth-order valence-corrected chi connectivity index (χ4v) is 3.46. The number of methoxy groups -OCH3 is 2. The van der Waals surface area contributed by atoms with Gasteiger partial charge in [-0.05, 0) is 36.2 Å². The average molecular weight is 355 g/mol. The quantitative estimate of drug-likeness (QED) is 0.826. The first-order valence-corrected chi connectivity index (χ1v) is 9.18. The van der Waals surface area contributed by atoms with Crippen LogP contribution in [0.2, 0.25) is 0 Å². The highest BCUT2D eigenvalue weighted by Gasteiger charge is 2.19. The van der Waals surface area contributed by atoms with Crippen LogP contribution >= 0.6 is 0 Å². The van der Waals surface area contributed by atoms with E-state index in [1.54, 1.807) is 14.2 Å². The summed E-state index contributed by atoms with van der Waals surface area (Å²) in [4.78, 5) is 4.87. The minimum atomic E-state index is 0.145. The lowest BCUT2D eigenvalue weighted by Gasteiger charge is -2.37. The zero-order valence-electron chi connectivity index (χ0n) is 15.7. The highest BCUT2D eigenvalue weighted by Crippen LogP contribution is 2.22. The van der Waals surface area contributed by atoms with Crippen LogP contribution in [-0.2, 0) is 6.42 Å². The molecule has 1 aliphatic rings. The Labute approximate surface area is 156 Å². The second-order valence-corrected chi connectivity index (χ2v) is 6.80. The zero-order valence-corrected chi connectivity index (χ0v) is 15.7. The van der Waals surface area contributed by atoms with Gasteiger partial charge in [-0.25, -0.2) is 0 Å². The first kappa shape index (κ1) is 18.5. The molecule has 140 valence electrons. The van der Waals surface area contributed by atoms with E-state index < -0.39 is 0 Å². The van der Waals surface area contributed by atoms with Gasteiger partial charge < -0.3 is 20.1 Å². The first-order chi connectivity index (χ1) is 12.7. The van der Waals surface area contributed by atoms with Crippen LogP contribution in [0.1, 0.15) is 5.56 Å². The Kier molecular flexibility index (Phi) is 6.36. The summed E-state index contributed by atoms with van der Waals surface area (Å²) < 4.78 is 10.5. The van der Waals surface area contributed by atoms with Crippen LogP contribution in [0.5, 0.6) is 11.5 Å². The fraction of sp³-hybridized carbons (Fsp3) is 0.429. The predicted octanol–water partition coefficient (Wildman–Crippen LogP) is 2.40. The van der Waals surface area contributed by atoms with Crippen LogP contribution in [0, 0.1) is 0 Å². The van der Waals surface area contributed by atoms with Crippen LogP contribution in [0.15, 0.2) is 48.5 Å². The first-order valence-electron chi connectivity index (χ1n) is 9.18. The summed E-state index contributed by atoms with van der Waals surface area (Å²) in [7, 11) is 3.40. The van der Waals surface area contributed by atoms with E-state index in [1.165, 1.54) is 11.3 Å². The zero-order chi connectivity index (χ0) is 18.4. The Morgan fingerprint density at radius 2 is 1.62 bits per heavy atom. The number of nitrogens with zero attached hydrogens (tertiary/aromatic N) is 2. The van der Waals surface area contributed by atoms with Gasteiger partial charge in [0.25, 0.3) is 0 Å². The number of hydrogen-bond donors (Lipinski definition) is 1. The molecule has 2 N–H and O–H groups in total. The van der Waals surface area contributed by atoms with Crippen LogP contribution in [0.3, 0.4) is 0 Å². The van der Waals surface area contributed by atoms with Crippen LogP contribution in [0.4, 0.5) is 5.69 Å². The summed E-state index contributed by atoms with van der Waals surface area (Å²) in [6.07, 6.45) is 0.889. The van der Waals surface area contributed by atoms with E-state index in [0.29, 0.717) is 0 Å². The van der Waals surface area contributed by atoms with E-state index in [0.717, 1.165) is 50.6 Å². The minimum Gasteiger partial charge on any atom is -0.497 e. The molecule has 5 nitrogen and oxygen atoms in total. The Bertz CT molecular complexity index is 682. The second-order valence-electron chi connectivity index (χ2n) is 6.80. The van der Waals surface area contributed by atoms with Gasteiger partial charge >= 0.3 is 0 Å². The molecule has 0 aromatic heterocycles. The molecule has 0 unspecified atom stereocenters. The summed E-state index contributed by atoms with van der Waals surface area (Å²) in [6.45, 7) is 5.03. The van der Waals surface area contributed by atoms with Crippen molar-refractivity contribution in [2.24, 2.45) is 5.73 Å². The van der Waals surface area contributed by atoms with E-state index >= 15 is 0 Å².